The van der Waals surface area contributed by atoms with Crippen LogP contribution in [0.5, 0.6) is 0 Å². The minimum absolute atomic E-state index is 0.0306. The van der Waals surface area contributed by atoms with Gasteiger partial charge in [0, 0.05) is 5.56 Å². The molecule has 1 unspecified atom stereocenters. The Balaban J connectivity index is 2.02. The molecule has 3 N–H and O–H groups in total. The van der Waals surface area contributed by atoms with Crippen LogP contribution in [0.3, 0.4) is 0 Å². The number of rotatable bonds is 3. The Bertz CT molecular complexity index is 1050. The summed E-state index contributed by atoms with van der Waals surface area (Å²) in [6.07, 6.45) is -3.16. The summed E-state index contributed by atoms with van der Waals surface area (Å²) in [5.74, 6) is -0.450. The van der Waals surface area contributed by atoms with Crippen LogP contribution in [0, 0.1) is 5.82 Å². The van der Waals surface area contributed by atoms with Crippen LogP contribution in [0.4, 0.5) is 23.4 Å². The molecule has 0 spiro atoms. The molecule has 26 heavy (non-hydrogen) atoms. The quantitative estimate of drug-likeness (QED) is 0.661. The Hall–Kier alpha value is -2.72. The lowest BCUT2D eigenvalue weighted by Gasteiger charge is -2.08. The molecule has 0 bridgehead atoms. The fraction of sp³-hybridized carbons (Fsp3) is 0.0625. The monoisotopic (exact) mass is 384 g/mol. The first kappa shape index (κ1) is 18.1. The van der Waals surface area contributed by atoms with E-state index in [4.69, 9.17) is 5.14 Å². The summed E-state index contributed by atoms with van der Waals surface area (Å²) in [5, 5.41) is 12.0. The normalized spacial score (nSPS) is 14.0. The third-order valence-electron chi connectivity index (χ3n) is 3.50. The van der Waals surface area contributed by atoms with Crippen molar-refractivity contribution in [2.75, 3.05) is 0 Å². The largest absolute Gasteiger partial charge is 0.416 e. The average Bonchev–Trinajstić information content (AvgIpc) is 3.01. The average molecular weight is 384 g/mol. The van der Waals surface area contributed by atoms with E-state index in [1.54, 1.807) is 6.07 Å². The second-order valence-corrected chi connectivity index (χ2v) is 7.12. The molecule has 0 aliphatic heterocycles. The highest BCUT2D eigenvalue weighted by atomic mass is 32.2. The first-order valence-corrected chi connectivity index (χ1v) is 8.76. The number of nitrogens with two attached hydrogens (primary N) is 1. The molecular formula is C16H12F4N4OS. The van der Waals surface area contributed by atoms with Crippen LogP contribution in [0.1, 0.15) is 5.56 Å². The number of aromatic amines is 1. The zero-order chi connectivity index (χ0) is 18.9. The van der Waals surface area contributed by atoms with Crippen molar-refractivity contribution < 1.29 is 21.8 Å². The van der Waals surface area contributed by atoms with Crippen LogP contribution in [-0.4, -0.2) is 14.4 Å². The number of benzene rings is 2. The first-order valence-electron chi connectivity index (χ1n) is 7.18. The van der Waals surface area contributed by atoms with Crippen LogP contribution in [0.2, 0.25) is 0 Å². The molecule has 0 saturated heterocycles. The molecule has 1 aromatic heterocycles. The van der Waals surface area contributed by atoms with E-state index >= 15 is 0 Å². The SMILES string of the molecule is NS(=O)(=Nc1[nH]ncc1-c1cccc(F)c1)c1ccc(C(F)(F)F)cc1. The number of nitrogens with one attached hydrogen (secondary N) is 1. The fourth-order valence-electron chi connectivity index (χ4n) is 2.24. The predicted octanol–water partition coefficient (Wildman–Crippen LogP) is 4.27. The molecule has 3 rings (SSSR count). The van der Waals surface area contributed by atoms with E-state index in [0.717, 1.165) is 24.3 Å². The van der Waals surface area contributed by atoms with Crippen molar-refractivity contribution in [1.29, 1.82) is 0 Å². The summed E-state index contributed by atoms with van der Waals surface area (Å²) < 4.78 is 67.8. The fourth-order valence-corrected chi connectivity index (χ4v) is 3.29. The van der Waals surface area contributed by atoms with Gasteiger partial charge in [0.25, 0.3) is 0 Å². The van der Waals surface area contributed by atoms with Crippen molar-refractivity contribution >= 4 is 15.7 Å². The van der Waals surface area contributed by atoms with Crippen LogP contribution in [0.25, 0.3) is 11.1 Å². The Morgan fingerprint density at radius 3 is 2.42 bits per heavy atom. The third kappa shape index (κ3) is 3.75. The standard InChI is InChI=1S/C16H12F4N4OS/c17-12-3-1-2-10(8-12)14-9-22-23-15(14)24-26(21,25)13-6-4-11(5-7-13)16(18,19)20/h1-9H,(H3,21,22,23,24,25). The molecule has 0 fully saturated rings. The summed E-state index contributed by atoms with van der Waals surface area (Å²) in [6.45, 7) is 0. The van der Waals surface area contributed by atoms with Gasteiger partial charge in [0.15, 0.2) is 5.82 Å². The van der Waals surface area contributed by atoms with Crippen molar-refractivity contribution in [3.05, 3.63) is 66.1 Å². The van der Waals surface area contributed by atoms with Gasteiger partial charge < -0.3 is 0 Å². The molecule has 0 aliphatic rings. The van der Waals surface area contributed by atoms with E-state index in [9.17, 15) is 21.8 Å². The zero-order valence-electron chi connectivity index (χ0n) is 13.0. The number of halogens is 4. The van der Waals surface area contributed by atoms with E-state index in [1.165, 1.54) is 24.4 Å². The van der Waals surface area contributed by atoms with Gasteiger partial charge in [-0.15, -0.1) is 0 Å². The van der Waals surface area contributed by atoms with E-state index < -0.39 is 27.5 Å². The van der Waals surface area contributed by atoms with Crippen LogP contribution in [-0.2, 0) is 16.1 Å². The summed E-state index contributed by atoms with van der Waals surface area (Å²) in [5.41, 5.74) is -0.104. The molecule has 2 aromatic carbocycles. The summed E-state index contributed by atoms with van der Waals surface area (Å²) >= 11 is 0. The lowest BCUT2D eigenvalue weighted by molar-refractivity contribution is -0.137. The topological polar surface area (TPSA) is 84.1 Å². The number of alkyl halides is 3. The molecule has 1 atom stereocenters. The van der Waals surface area contributed by atoms with Gasteiger partial charge in [-0.25, -0.2) is 13.7 Å². The van der Waals surface area contributed by atoms with Crippen molar-refractivity contribution in [1.82, 2.24) is 10.2 Å². The van der Waals surface area contributed by atoms with Gasteiger partial charge in [0.05, 0.1) is 16.7 Å². The number of aromatic nitrogens is 2. The van der Waals surface area contributed by atoms with Gasteiger partial charge in [0.1, 0.15) is 15.7 Å². The highest BCUT2D eigenvalue weighted by Crippen LogP contribution is 2.32. The number of hydrogen-bond acceptors (Lipinski definition) is 3. The first-order chi connectivity index (χ1) is 12.2. The van der Waals surface area contributed by atoms with Crippen LogP contribution in [0.15, 0.2) is 64.0 Å². The number of hydrogen-bond donors (Lipinski definition) is 2. The molecule has 5 nitrogen and oxygen atoms in total. The Kier molecular flexibility index (Phi) is 4.55. The second kappa shape index (κ2) is 6.54. The van der Waals surface area contributed by atoms with Gasteiger partial charge in [0.2, 0.25) is 0 Å². The third-order valence-corrected chi connectivity index (χ3v) is 4.90. The van der Waals surface area contributed by atoms with E-state index in [1.807, 2.05) is 0 Å². The summed E-state index contributed by atoms with van der Waals surface area (Å²) in [4.78, 5) is -0.0784. The second-order valence-electron chi connectivity index (χ2n) is 5.32. The number of H-pyrrole nitrogens is 1. The van der Waals surface area contributed by atoms with Crippen LogP contribution >= 0.6 is 0 Å². The highest BCUT2D eigenvalue weighted by molar-refractivity contribution is 7.91. The van der Waals surface area contributed by atoms with Gasteiger partial charge in [-0.3, -0.25) is 5.10 Å². The molecule has 0 amide bonds. The number of nitrogens with zero attached hydrogens (tertiary/aromatic N) is 2. The van der Waals surface area contributed by atoms with Crippen molar-refractivity contribution in [2.45, 2.75) is 11.1 Å². The maximum atomic E-state index is 13.4. The van der Waals surface area contributed by atoms with E-state index in [0.29, 0.717) is 11.1 Å². The zero-order valence-corrected chi connectivity index (χ0v) is 13.8. The van der Waals surface area contributed by atoms with Crippen molar-refractivity contribution in [3.63, 3.8) is 0 Å². The maximum absolute atomic E-state index is 13.4. The maximum Gasteiger partial charge on any atom is 0.416 e. The van der Waals surface area contributed by atoms with Crippen molar-refractivity contribution in [2.24, 2.45) is 9.50 Å². The van der Waals surface area contributed by atoms with Gasteiger partial charge in [-0.1, -0.05) is 12.1 Å². The predicted molar refractivity (Wildman–Crippen MR) is 88.1 cm³/mol. The summed E-state index contributed by atoms with van der Waals surface area (Å²) in [7, 11) is -3.54. The van der Waals surface area contributed by atoms with Crippen LogP contribution < -0.4 is 5.14 Å². The molecular weight excluding hydrogens is 372 g/mol. The lowest BCUT2D eigenvalue weighted by atomic mass is 10.1. The Morgan fingerprint density at radius 2 is 1.81 bits per heavy atom. The Labute approximate surface area is 146 Å². The Morgan fingerprint density at radius 1 is 1.12 bits per heavy atom. The molecule has 1 heterocycles. The highest BCUT2D eigenvalue weighted by Gasteiger charge is 2.30. The lowest BCUT2D eigenvalue weighted by Crippen LogP contribution is -2.13. The van der Waals surface area contributed by atoms with E-state index in [2.05, 4.69) is 14.6 Å². The van der Waals surface area contributed by atoms with E-state index in [-0.39, 0.29) is 10.7 Å². The molecule has 0 aliphatic carbocycles. The minimum atomic E-state index is -4.51. The van der Waals surface area contributed by atoms with Gasteiger partial charge in [-0.05, 0) is 42.0 Å². The molecule has 136 valence electrons. The molecule has 0 radical (unpaired) electrons. The van der Waals surface area contributed by atoms with Gasteiger partial charge >= 0.3 is 6.18 Å². The smallest absolute Gasteiger partial charge is 0.260 e. The molecule has 0 saturated carbocycles. The molecule has 10 heteroatoms. The van der Waals surface area contributed by atoms with Crippen molar-refractivity contribution in [3.8, 4) is 11.1 Å². The minimum Gasteiger partial charge on any atom is -0.260 e. The molecule has 3 aromatic rings. The van der Waals surface area contributed by atoms with Gasteiger partial charge in [-0.2, -0.15) is 22.6 Å². The summed E-state index contributed by atoms with van der Waals surface area (Å²) in [6, 6.07) is 9.14.